The van der Waals surface area contributed by atoms with E-state index in [2.05, 4.69) is 15.5 Å². The number of nitrogens with zero attached hydrogens (tertiary/aromatic N) is 3. The summed E-state index contributed by atoms with van der Waals surface area (Å²) in [6.45, 7) is 2.76. The summed E-state index contributed by atoms with van der Waals surface area (Å²) in [7, 11) is 0. The van der Waals surface area contributed by atoms with Crippen LogP contribution in [0.25, 0.3) is 0 Å². The second-order valence-electron chi connectivity index (χ2n) is 6.67. The third-order valence-corrected chi connectivity index (χ3v) is 4.72. The fourth-order valence-electron chi connectivity index (χ4n) is 3.23. The molecule has 9 heteroatoms. The van der Waals surface area contributed by atoms with Crippen LogP contribution in [-0.2, 0) is 12.6 Å². The van der Waals surface area contributed by atoms with Crippen molar-refractivity contribution >= 4 is 11.7 Å². The highest BCUT2D eigenvalue weighted by molar-refractivity contribution is 5.90. The quantitative estimate of drug-likeness (QED) is 0.857. The van der Waals surface area contributed by atoms with E-state index in [1.165, 1.54) is 18.2 Å². The number of anilines is 1. The number of halogens is 3. The molecule has 27 heavy (non-hydrogen) atoms. The van der Waals surface area contributed by atoms with E-state index in [-0.39, 0.29) is 5.69 Å². The number of rotatable bonds is 4. The first-order valence-electron chi connectivity index (χ1n) is 8.84. The lowest BCUT2D eigenvalue weighted by atomic mass is 9.92. The van der Waals surface area contributed by atoms with E-state index in [1.807, 2.05) is 0 Å². The molecule has 1 aromatic carbocycles. The van der Waals surface area contributed by atoms with Crippen molar-refractivity contribution in [3.63, 3.8) is 0 Å². The number of amides is 2. The number of carbonyl (C=O) groups excluding carboxylic acids is 1. The highest BCUT2D eigenvalue weighted by Crippen LogP contribution is 2.34. The van der Waals surface area contributed by atoms with Crippen LogP contribution in [0.15, 0.2) is 28.8 Å². The fraction of sp³-hybridized carbons (Fsp3) is 0.500. The van der Waals surface area contributed by atoms with E-state index < -0.39 is 17.8 Å². The maximum absolute atomic E-state index is 13.0. The largest absolute Gasteiger partial charge is 0.418 e. The number of nitrogens with one attached hydrogen (secondary N) is 1. The topological polar surface area (TPSA) is 71.3 Å². The predicted octanol–water partition coefficient (Wildman–Crippen LogP) is 4.27. The Morgan fingerprint density at radius 1 is 1.30 bits per heavy atom. The average molecular weight is 382 g/mol. The molecule has 1 fully saturated rings. The van der Waals surface area contributed by atoms with Crippen molar-refractivity contribution < 1.29 is 22.5 Å². The highest BCUT2D eigenvalue weighted by Gasteiger charge is 2.34. The van der Waals surface area contributed by atoms with Gasteiger partial charge in [-0.15, -0.1) is 0 Å². The number of hydrogen-bond donors (Lipinski definition) is 1. The van der Waals surface area contributed by atoms with E-state index in [1.54, 1.807) is 11.8 Å². The molecule has 6 nitrogen and oxygen atoms in total. The minimum absolute atomic E-state index is 0.218. The Kier molecular flexibility index (Phi) is 5.67. The van der Waals surface area contributed by atoms with Gasteiger partial charge in [-0.3, -0.25) is 0 Å². The first kappa shape index (κ1) is 19.2. The van der Waals surface area contributed by atoms with E-state index in [9.17, 15) is 18.0 Å². The van der Waals surface area contributed by atoms with Gasteiger partial charge in [0.25, 0.3) is 0 Å². The van der Waals surface area contributed by atoms with Crippen molar-refractivity contribution in [2.24, 2.45) is 5.92 Å². The normalized spacial score (nSPS) is 15.8. The molecule has 0 bridgehead atoms. The Labute approximate surface area is 154 Å². The maximum atomic E-state index is 13.0. The molecule has 3 rings (SSSR count). The van der Waals surface area contributed by atoms with Gasteiger partial charge in [0.15, 0.2) is 5.82 Å². The SMILES string of the molecule is Cc1nc(CCC2CCN(C(=O)Nc3ccccc3C(F)(F)F)CC2)no1. The summed E-state index contributed by atoms with van der Waals surface area (Å²) in [5.74, 6) is 1.64. The molecule has 2 amide bonds. The minimum Gasteiger partial charge on any atom is -0.340 e. The Bertz CT molecular complexity index is 783. The van der Waals surface area contributed by atoms with Crippen molar-refractivity contribution in [1.29, 1.82) is 0 Å². The smallest absolute Gasteiger partial charge is 0.340 e. The van der Waals surface area contributed by atoms with Gasteiger partial charge in [0.2, 0.25) is 5.89 Å². The molecule has 2 aromatic rings. The number of benzene rings is 1. The zero-order chi connectivity index (χ0) is 19.4. The van der Waals surface area contributed by atoms with Crippen LogP contribution in [0.4, 0.5) is 23.7 Å². The Morgan fingerprint density at radius 2 is 2.00 bits per heavy atom. The molecule has 1 aliphatic heterocycles. The van der Waals surface area contributed by atoms with E-state index >= 15 is 0 Å². The van der Waals surface area contributed by atoms with Crippen LogP contribution in [0.3, 0.4) is 0 Å². The van der Waals surface area contributed by atoms with Gasteiger partial charge in [0, 0.05) is 26.4 Å². The molecule has 0 atom stereocenters. The van der Waals surface area contributed by atoms with Crippen LogP contribution in [0.5, 0.6) is 0 Å². The Hall–Kier alpha value is -2.58. The molecule has 0 spiro atoms. The van der Waals surface area contributed by atoms with Gasteiger partial charge in [0.05, 0.1) is 11.3 Å². The van der Waals surface area contributed by atoms with Gasteiger partial charge in [-0.05, 0) is 37.3 Å². The zero-order valence-corrected chi connectivity index (χ0v) is 14.9. The zero-order valence-electron chi connectivity index (χ0n) is 14.9. The third kappa shape index (κ3) is 4.99. The lowest BCUT2D eigenvalue weighted by Crippen LogP contribution is -2.41. The molecule has 0 unspecified atom stereocenters. The molecular formula is C18H21F3N4O2. The van der Waals surface area contributed by atoms with Crippen molar-refractivity contribution in [2.45, 2.75) is 38.8 Å². The van der Waals surface area contributed by atoms with Crippen LogP contribution in [0.2, 0.25) is 0 Å². The number of hydrogen-bond acceptors (Lipinski definition) is 4. The van der Waals surface area contributed by atoms with Crippen molar-refractivity contribution in [3.8, 4) is 0 Å². The number of para-hydroxylation sites is 1. The minimum atomic E-state index is -4.51. The van der Waals surface area contributed by atoms with Crippen LogP contribution in [0.1, 0.15) is 36.5 Å². The average Bonchev–Trinajstić information content (AvgIpc) is 3.05. The molecule has 1 N–H and O–H groups in total. The molecule has 0 radical (unpaired) electrons. The number of likely N-dealkylation sites (tertiary alicyclic amines) is 1. The number of aryl methyl sites for hydroxylation is 2. The van der Waals surface area contributed by atoms with Crippen molar-refractivity contribution in [1.82, 2.24) is 15.0 Å². The van der Waals surface area contributed by atoms with Gasteiger partial charge in [-0.25, -0.2) is 4.79 Å². The summed E-state index contributed by atoms with van der Waals surface area (Å²) >= 11 is 0. The van der Waals surface area contributed by atoms with Crippen LogP contribution >= 0.6 is 0 Å². The first-order valence-corrected chi connectivity index (χ1v) is 8.84. The van der Waals surface area contributed by atoms with Gasteiger partial charge >= 0.3 is 12.2 Å². The first-order chi connectivity index (χ1) is 12.8. The molecular weight excluding hydrogens is 361 g/mol. The fourth-order valence-corrected chi connectivity index (χ4v) is 3.23. The number of urea groups is 1. The van der Waals surface area contributed by atoms with E-state index in [0.717, 1.165) is 25.3 Å². The summed E-state index contributed by atoms with van der Waals surface area (Å²) in [6.07, 6.45) is -1.31. The number of carbonyl (C=O) groups is 1. The van der Waals surface area contributed by atoms with Crippen molar-refractivity contribution in [2.75, 3.05) is 18.4 Å². The van der Waals surface area contributed by atoms with Gasteiger partial charge in [-0.1, -0.05) is 17.3 Å². The van der Waals surface area contributed by atoms with E-state index in [0.29, 0.717) is 37.1 Å². The Morgan fingerprint density at radius 3 is 2.63 bits per heavy atom. The highest BCUT2D eigenvalue weighted by atomic mass is 19.4. The number of alkyl halides is 3. The molecule has 0 saturated carbocycles. The molecule has 146 valence electrons. The van der Waals surface area contributed by atoms with Gasteiger partial charge in [-0.2, -0.15) is 18.2 Å². The second kappa shape index (κ2) is 7.98. The standard InChI is InChI=1S/C18H21F3N4O2/c1-12-22-16(24-27-12)7-6-13-8-10-25(11-9-13)17(26)23-15-5-3-2-4-14(15)18(19,20)21/h2-5,13H,6-11H2,1H3,(H,23,26). The second-order valence-corrected chi connectivity index (χ2v) is 6.67. The Balaban J connectivity index is 1.50. The summed E-state index contributed by atoms with van der Waals surface area (Å²) in [6, 6.07) is 4.49. The molecule has 2 heterocycles. The van der Waals surface area contributed by atoms with Crippen LogP contribution in [-0.4, -0.2) is 34.2 Å². The van der Waals surface area contributed by atoms with Crippen LogP contribution < -0.4 is 5.32 Å². The molecule has 1 aromatic heterocycles. The summed E-state index contributed by atoms with van der Waals surface area (Å²) in [5.41, 5.74) is -1.06. The van der Waals surface area contributed by atoms with Gasteiger partial charge in [0.1, 0.15) is 0 Å². The summed E-state index contributed by atoms with van der Waals surface area (Å²) < 4.78 is 44.1. The monoisotopic (exact) mass is 382 g/mol. The molecule has 0 aliphatic carbocycles. The lowest BCUT2D eigenvalue weighted by Gasteiger charge is -2.32. The van der Waals surface area contributed by atoms with Crippen molar-refractivity contribution in [3.05, 3.63) is 41.5 Å². The maximum Gasteiger partial charge on any atom is 0.418 e. The van der Waals surface area contributed by atoms with Gasteiger partial charge < -0.3 is 14.7 Å². The summed E-state index contributed by atoms with van der Waals surface area (Å²) in [5, 5.41) is 6.26. The number of aromatic nitrogens is 2. The number of piperidine rings is 1. The third-order valence-electron chi connectivity index (χ3n) is 4.72. The van der Waals surface area contributed by atoms with Crippen LogP contribution in [0, 0.1) is 12.8 Å². The predicted molar refractivity (Wildman–Crippen MR) is 92.1 cm³/mol. The lowest BCUT2D eigenvalue weighted by molar-refractivity contribution is -0.136. The van der Waals surface area contributed by atoms with E-state index in [4.69, 9.17) is 4.52 Å². The molecule has 1 saturated heterocycles. The molecule has 1 aliphatic rings. The summed E-state index contributed by atoms with van der Waals surface area (Å²) in [4.78, 5) is 18.1.